The van der Waals surface area contributed by atoms with Crippen LogP contribution in [0.1, 0.15) is 24.2 Å². The van der Waals surface area contributed by atoms with Crippen molar-refractivity contribution in [1.82, 2.24) is 10.2 Å². The van der Waals surface area contributed by atoms with Gasteiger partial charge in [-0.15, -0.1) is 0 Å². The van der Waals surface area contributed by atoms with Crippen molar-refractivity contribution < 1.29 is 14.3 Å². The molecule has 0 spiro atoms. The zero-order valence-corrected chi connectivity index (χ0v) is 14.2. The van der Waals surface area contributed by atoms with Gasteiger partial charge in [-0.3, -0.25) is 4.79 Å². The molecule has 1 aromatic rings. The number of nitrogens with one attached hydrogen (secondary N) is 1. The first kappa shape index (κ1) is 16.1. The molecule has 1 heterocycles. The van der Waals surface area contributed by atoms with Crippen LogP contribution in [-0.4, -0.2) is 50.2 Å². The number of hydrogen-bond acceptors (Lipinski definition) is 4. The van der Waals surface area contributed by atoms with Crippen molar-refractivity contribution in [3.05, 3.63) is 22.2 Å². The van der Waals surface area contributed by atoms with Crippen LogP contribution in [0.2, 0.25) is 0 Å². The summed E-state index contributed by atoms with van der Waals surface area (Å²) in [6, 6.07) is 3.72. The smallest absolute Gasteiger partial charge is 0.254 e. The average molecular weight is 357 g/mol. The van der Waals surface area contributed by atoms with Crippen LogP contribution in [-0.2, 0) is 0 Å². The van der Waals surface area contributed by atoms with E-state index in [1.165, 1.54) is 0 Å². The Balaban J connectivity index is 2.31. The van der Waals surface area contributed by atoms with E-state index in [0.717, 1.165) is 17.6 Å². The van der Waals surface area contributed by atoms with E-state index in [9.17, 15) is 4.79 Å². The fourth-order valence-electron chi connectivity index (χ4n) is 2.44. The first-order valence-electron chi connectivity index (χ1n) is 7.10. The minimum absolute atomic E-state index is 0.0195. The van der Waals surface area contributed by atoms with Crippen molar-refractivity contribution in [3.63, 3.8) is 0 Å². The summed E-state index contributed by atoms with van der Waals surface area (Å²) in [4.78, 5) is 14.6. The highest BCUT2D eigenvalue weighted by Gasteiger charge is 2.25. The van der Waals surface area contributed by atoms with Crippen LogP contribution in [0.4, 0.5) is 0 Å². The van der Waals surface area contributed by atoms with Gasteiger partial charge in [-0.1, -0.05) is 0 Å². The number of halogens is 1. The van der Waals surface area contributed by atoms with Crippen LogP contribution in [0.15, 0.2) is 16.6 Å². The monoisotopic (exact) mass is 356 g/mol. The van der Waals surface area contributed by atoms with Gasteiger partial charge in [-0.25, -0.2) is 0 Å². The van der Waals surface area contributed by atoms with Crippen molar-refractivity contribution in [1.29, 1.82) is 0 Å². The lowest BCUT2D eigenvalue weighted by Crippen LogP contribution is -2.52. The highest BCUT2D eigenvalue weighted by Crippen LogP contribution is 2.37. The first-order valence-corrected chi connectivity index (χ1v) is 7.89. The molecule has 1 aromatic carbocycles. The molecule has 0 saturated carbocycles. The maximum absolute atomic E-state index is 12.7. The molecule has 21 heavy (non-hydrogen) atoms. The molecule has 0 radical (unpaired) electrons. The minimum atomic E-state index is 0.0195. The molecule has 1 amide bonds. The van der Waals surface area contributed by atoms with Gasteiger partial charge in [0, 0.05) is 31.2 Å². The number of ether oxygens (including phenoxy) is 2. The van der Waals surface area contributed by atoms with Crippen LogP contribution in [0.3, 0.4) is 0 Å². The van der Waals surface area contributed by atoms with Gasteiger partial charge in [0.2, 0.25) is 0 Å². The van der Waals surface area contributed by atoms with Gasteiger partial charge in [0.15, 0.2) is 11.5 Å². The summed E-state index contributed by atoms with van der Waals surface area (Å²) in [6.07, 6.45) is 0. The zero-order chi connectivity index (χ0) is 15.4. The largest absolute Gasteiger partial charge is 0.493 e. The molecule has 116 valence electrons. The van der Waals surface area contributed by atoms with Crippen molar-refractivity contribution in [2.75, 3.05) is 33.4 Å². The van der Waals surface area contributed by atoms with Gasteiger partial charge in [-0.2, -0.15) is 0 Å². The first-order chi connectivity index (χ1) is 10.1. The van der Waals surface area contributed by atoms with Crippen LogP contribution < -0.4 is 14.8 Å². The number of piperazine rings is 1. The number of benzene rings is 1. The quantitative estimate of drug-likeness (QED) is 0.899. The molecule has 0 aromatic heterocycles. The lowest BCUT2D eigenvalue weighted by molar-refractivity contribution is 0.0655. The summed E-state index contributed by atoms with van der Waals surface area (Å²) in [6.45, 7) is 6.86. The molecule has 0 aliphatic carbocycles. The highest BCUT2D eigenvalue weighted by molar-refractivity contribution is 9.10. The van der Waals surface area contributed by atoms with Crippen LogP contribution in [0, 0.1) is 0 Å². The van der Waals surface area contributed by atoms with Gasteiger partial charge in [0.25, 0.3) is 5.91 Å². The van der Waals surface area contributed by atoms with E-state index in [1.54, 1.807) is 19.2 Å². The number of nitrogens with zero attached hydrogens (tertiary/aromatic N) is 1. The predicted octanol–water partition coefficient (Wildman–Crippen LogP) is 2.29. The minimum Gasteiger partial charge on any atom is -0.493 e. The molecule has 5 nitrogen and oxygen atoms in total. The van der Waals surface area contributed by atoms with Gasteiger partial charge < -0.3 is 19.7 Å². The van der Waals surface area contributed by atoms with E-state index < -0.39 is 0 Å². The number of rotatable bonds is 4. The van der Waals surface area contributed by atoms with Gasteiger partial charge >= 0.3 is 0 Å². The maximum Gasteiger partial charge on any atom is 0.254 e. The van der Waals surface area contributed by atoms with Crippen LogP contribution >= 0.6 is 15.9 Å². The number of carbonyl (C=O) groups excluding carboxylic acids is 1. The summed E-state index contributed by atoms with van der Waals surface area (Å²) in [7, 11) is 1.58. The second-order valence-corrected chi connectivity index (χ2v) is 5.83. The Hall–Kier alpha value is -1.27. The molecular weight excluding hydrogens is 336 g/mol. The number of methoxy groups -OCH3 is 1. The van der Waals surface area contributed by atoms with Gasteiger partial charge in [-0.05, 0) is 41.9 Å². The summed E-state index contributed by atoms with van der Waals surface area (Å²) in [5.74, 6) is 1.22. The Morgan fingerprint density at radius 1 is 1.52 bits per heavy atom. The third-order valence-corrected chi connectivity index (χ3v) is 4.12. The van der Waals surface area contributed by atoms with E-state index in [1.807, 2.05) is 18.7 Å². The second-order valence-electron chi connectivity index (χ2n) is 4.97. The van der Waals surface area contributed by atoms with E-state index in [4.69, 9.17) is 9.47 Å². The molecule has 1 atom stereocenters. The number of amides is 1. The number of hydrogen-bond donors (Lipinski definition) is 1. The molecule has 1 aliphatic rings. The molecule has 1 N–H and O–H groups in total. The topological polar surface area (TPSA) is 50.8 Å². The van der Waals surface area contributed by atoms with E-state index in [2.05, 4.69) is 21.2 Å². The Labute approximate surface area is 133 Å². The van der Waals surface area contributed by atoms with Crippen LogP contribution in [0.5, 0.6) is 11.5 Å². The molecule has 6 heteroatoms. The lowest BCUT2D eigenvalue weighted by Gasteiger charge is -2.34. The molecule has 2 rings (SSSR count). The zero-order valence-electron chi connectivity index (χ0n) is 12.6. The van der Waals surface area contributed by atoms with E-state index in [0.29, 0.717) is 30.2 Å². The molecule has 0 unspecified atom stereocenters. The summed E-state index contributed by atoms with van der Waals surface area (Å²) < 4.78 is 11.6. The normalized spacial score (nSPS) is 18.5. The number of carbonyl (C=O) groups is 1. The third-order valence-electron chi connectivity index (χ3n) is 3.53. The highest BCUT2D eigenvalue weighted by atomic mass is 79.9. The Morgan fingerprint density at radius 2 is 2.29 bits per heavy atom. The van der Waals surface area contributed by atoms with Crippen LogP contribution in [0.25, 0.3) is 0 Å². The second kappa shape index (κ2) is 7.13. The lowest BCUT2D eigenvalue weighted by atomic mass is 10.1. The van der Waals surface area contributed by atoms with Crippen molar-refractivity contribution >= 4 is 21.8 Å². The molecule has 1 saturated heterocycles. The SMILES string of the molecule is CCOc1c(Br)cc(C(=O)N2CCNC[C@H]2C)cc1OC. The van der Waals surface area contributed by atoms with Crippen molar-refractivity contribution in [2.45, 2.75) is 19.9 Å². The van der Waals surface area contributed by atoms with Crippen molar-refractivity contribution in [2.24, 2.45) is 0 Å². The fraction of sp³-hybridized carbons (Fsp3) is 0.533. The Bertz CT molecular complexity index is 522. The maximum atomic E-state index is 12.7. The van der Waals surface area contributed by atoms with Gasteiger partial charge in [0.05, 0.1) is 18.2 Å². The molecule has 0 bridgehead atoms. The summed E-state index contributed by atoms with van der Waals surface area (Å²) in [5, 5.41) is 3.28. The van der Waals surface area contributed by atoms with E-state index >= 15 is 0 Å². The third kappa shape index (κ3) is 3.49. The molecule has 1 aliphatic heterocycles. The van der Waals surface area contributed by atoms with Crippen molar-refractivity contribution in [3.8, 4) is 11.5 Å². The summed E-state index contributed by atoms with van der Waals surface area (Å²) in [5.41, 5.74) is 0.607. The molecule has 1 fully saturated rings. The standard InChI is InChI=1S/C15H21BrN2O3/c1-4-21-14-12(16)7-11(8-13(14)20-3)15(19)18-6-5-17-9-10(18)2/h7-8,10,17H,4-6,9H2,1-3H3/t10-/m1/s1. The predicted molar refractivity (Wildman–Crippen MR) is 85.2 cm³/mol. The molecular formula is C15H21BrN2O3. The van der Waals surface area contributed by atoms with Gasteiger partial charge in [0.1, 0.15) is 0 Å². The average Bonchev–Trinajstić information content (AvgIpc) is 2.49. The Kier molecular flexibility index (Phi) is 5.47. The summed E-state index contributed by atoms with van der Waals surface area (Å²) >= 11 is 3.46. The fourth-order valence-corrected chi connectivity index (χ4v) is 2.99. The van der Waals surface area contributed by atoms with E-state index in [-0.39, 0.29) is 11.9 Å². The Morgan fingerprint density at radius 3 is 2.90 bits per heavy atom.